The van der Waals surface area contributed by atoms with Crippen LogP contribution in [0, 0.1) is 0 Å². The molecule has 1 heterocycles. The van der Waals surface area contributed by atoms with Gasteiger partial charge in [-0.15, -0.1) is 0 Å². The van der Waals surface area contributed by atoms with Crippen molar-refractivity contribution in [2.45, 2.75) is 12.0 Å². The fourth-order valence-electron chi connectivity index (χ4n) is 4.12. The van der Waals surface area contributed by atoms with Crippen molar-refractivity contribution in [3.63, 3.8) is 0 Å². The number of amides is 1. The SMILES string of the molecule is COc1cc2c(cc1OC)C(C(=O)O)C(c1cccc(Oc3ccccc3)c1)N(C)C2=O. The van der Waals surface area contributed by atoms with Gasteiger partial charge < -0.3 is 24.2 Å². The molecule has 0 bridgehead atoms. The van der Waals surface area contributed by atoms with Crippen LogP contribution in [-0.2, 0) is 4.79 Å². The zero-order valence-electron chi connectivity index (χ0n) is 17.9. The number of carbonyl (C=O) groups is 2. The minimum absolute atomic E-state index is 0.283. The van der Waals surface area contributed by atoms with Crippen LogP contribution in [0.3, 0.4) is 0 Å². The van der Waals surface area contributed by atoms with Crippen molar-refractivity contribution in [3.8, 4) is 23.0 Å². The zero-order chi connectivity index (χ0) is 22.8. The van der Waals surface area contributed by atoms with E-state index in [2.05, 4.69) is 0 Å². The predicted octanol–water partition coefficient (Wildman–Crippen LogP) is 4.49. The van der Waals surface area contributed by atoms with Gasteiger partial charge in [-0.05, 0) is 47.5 Å². The highest BCUT2D eigenvalue weighted by Gasteiger charge is 2.43. The van der Waals surface area contributed by atoms with Crippen molar-refractivity contribution in [2.24, 2.45) is 0 Å². The molecule has 0 radical (unpaired) electrons. The molecule has 0 aromatic heterocycles. The Hall–Kier alpha value is -4.00. The lowest BCUT2D eigenvalue weighted by Crippen LogP contribution is -2.42. The van der Waals surface area contributed by atoms with Crippen LogP contribution in [0.1, 0.15) is 33.4 Å². The monoisotopic (exact) mass is 433 g/mol. The van der Waals surface area contributed by atoms with E-state index in [1.165, 1.54) is 25.2 Å². The van der Waals surface area contributed by atoms with Gasteiger partial charge in [-0.1, -0.05) is 30.3 Å². The average Bonchev–Trinajstić information content (AvgIpc) is 2.81. The summed E-state index contributed by atoms with van der Waals surface area (Å²) in [7, 11) is 4.54. The molecule has 2 atom stereocenters. The first-order valence-corrected chi connectivity index (χ1v) is 10.0. The molecule has 2 unspecified atom stereocenters. The van der Waals surface area contributed by atoms with Crippen LogP contribution in [0.5, 0.6) is 23.0 Å². The van der Waals surface area contributed by atoms with Gasteiger partial charge in [0.15, 0.2) is 11.5 Å². The third kappa shape index (κ3) is 3.73. The van der Waals surface area contributed by atoms with Gasteiger partial charge in [0.1, 0.15) is 17.4 Å². The van der Waals surface area contributed by atoms with Gasteiger partial charge in [0.05, 0.1) is 20.3 Å². The third-order valence-electron chi connectivity index (χ3n) is 5.62. The number of nitrogens with zero attached hydrogens (tertiary/aromatic N) is 1. The Morgan fingerprint density at radius 1 is 0.906 bits per heavy atom. The number of rotatable bonds is 6. The summed E-state index contributed by atoms with van der Waals surface area (Å²) in [5.74, 6) is -0.385. The van der Waals surface area contributed by atoms with Gasteiger partial charge in [0.2, 0.25) is 0 Å². The largest absolute Gasteiger partial charge is 0.493 e. The number of methoxy groups -OCH3 is 2. The molecule has 32 heavy (non-hydrogen) atoms. The topological polar surface area (TPSA) is 85.3 Å². The fourth-order valence-corrected chi connectivity index (χ4v) is 4.12. The Bertz CT molecular complexity index is 1160. The lowest BCUT2D eigenvalue weighted by atomic mass is 9.79. The highest BCUT2D eigenvalue weighted by atomic mass is 16.5. The maximum absolute atomic E-state index is 13.2. The van der Waals surface area contributed by atoms with E-state index in [-0.39, 0.29) is 11.5 Å². The predicted molar refractivity (Wildman–Crippen MR) is 118 cm³/mol. The van der Waals surface area contributed by atoms with Crippen molar-refractivity contribution < 1.29 is 28.9 Å². The maximum Gasteiger partial charge on any atom is 0.313 e. The first kappa shape index (κ1) is 21.2. The van der Waals surface area contributed by atoms with Crippen LogP contribution in [0.15, 0.2) is 66.7 Å². The number of ether oxygens (including phenoxy) is 3. The van der Waals surface area contributed by atoms with Crippen LogP contribution < -0.4 is 14.2 Å². The van der Waals surface area contributed by atoms with Gasteiger partial charge >= 0.3 is 5.97 Å². The number of fused-ring (bicyclic) bond motifs is 1. The average molecular weight is 433 g/mol. The summed E-state index contributed by atoms with van der Waals surface area (Å²) < 4.78 is 16.6. The number of aliphatic carboxylic acids is 1. The number of para-hydroxylation sites is 1. The molecule has 7 nitrogen and oxygen atoms in total. The number of carboxylic acids is 1. The van der Waals surface area contributed by atoms with Crippen molar-refractivity contribution in [1.29, 1.82) is 0 Å². The molecule has 0 aliphatic carbocycles. The van der Waals surface area contributed by atoms with Crippen LogP contribution in [-0.4, -0.2) is 43.2 Å². The van der Waals surface area contributed by atoms with E-state index >= 15 is 0 Å². The second kappa shape index (κ2) is 8.63. The van der Waals surface area contributed by atoms with Crippen LogP contribution in [0.2, 0.25) is 0 Å². The molecule has 0 saturated carbocycles. The molecule has 0 spiro atoms. The molecule has 7 heteroatoms. The van der Waals surface area contributed by atoms with E-state index in [0.29, 0.717) is 34.1 Å². The number of likely N-dealkylation sites (N-methyl/N-ethyl adjacent to an activating group) is 1. The smallest absolute Gasteiger partial charge is 0.313 e. The van der Waals surface area contributed by atoms with Gasteiger partial charge in [-0.2, -0.15) is 0 Å². The summed E-state index contributed by atoms with van der Waals surface area (Å²) in [5.41, 5.74) is 1.32. The van der Waals surface area contributed by atoms with Crippen molar-refractivity contribution in [1.82, 2.24) is 4.90 Å². The molecule has 164 valence electrons. The maximum atomic E-state index is 13.2. The van der Waals surface area contributed by atoms with Crippen molar-refractivity contribution in [2.75, 3.05) is 21.3 Å². The molecular formula is C25H23NO6. The minimum Gasteiger partial charge on any atom is -0.493 e. The number of hydrogen-bond donors (Lipinski definition) is 1. The second-order valence-corrected chi connectivity index (χ2v) is 7.46. The quantitative estimate of drug-likeness (QED) is 0.617. The van der Waals surface area contributed by atoms with E-state index in [9.17, 15) is 14.7 Å². The normalized spacial score (nSPS) is 17.5. The zero-order valence-corrected chi connectivity index (χ0v) is 17.9. The van der Waals surface area contributed by atoms with Crippen molar-refractivity contribution >= 4 is 11.9 Å². The molecule has 1 aliphatic heterocycles. The molecule has 0 fully saturated rings. The number of carbonyl (C=O) groups excluding carboxylic acids is 1. The van der Waals surface area contributed by atoms with Gasteiger partial charge in [-0.3, -0.25) is 9.59 Å². The summed E-state index contributed by atoms with van der Waals surface area (Å²) >= 11 is 0. The Balaban J connectivity index is 1.80. The van der Waals surface area contributed by atoms with Gasteiger partial charge in [0, 0.05) is 12.6 Å². The Kier molecular flexibility index (Phi) is 5.73. The highest BCUT2D eigenvalue weighted by molar-refractivity contribution is 6.01. The molecule has 4 rings (SSSR count). The summed E-state index contributed by atoms with van der Waals surface area (Å²) in [5, 5.41) is 10.2. The second-order valence-electron chi connectivity index (χ2n) is 7.46. The van der Waals surface area contributed by atoms with Crippen LogP contribution >= 0.6 is 0 Å². The summed E-state index contributed by atoms with van der Waals surface area (Å²) in [4.78, 5) is 27.1. The summed E-state index contributed by atoms with van der Waals surface area (Å²) in [6, 6.07) is 18.8. The number of benzene rings is 3. The lowest BCUT2D eigenvalue weighted by Gasteiger charge is -2.39. The van der Waals surface area contributed by atoms with Crippen LogP contribution in [0.4, 0.5) is 0 Å². The molecule has 3 aromatic rings. The molecule has 1 amide bonds. The van der Waals surface area contributed by atoms with Crippen molar-refractivity contribution in [3.05, 3.63) is 83.4 Å². The standard InChI is InChI=1S/C25H23NO6/c1-26-23(15-8-7-11-17(12-15)32-16-9-5-4-6-10-16)22(25(28)29)18-13-20(30-2)21(31-3)14-19(18)24(26)27/h4-14,22-23H,1-3H3,(H,28,29). The lowest BCUT2D eigenvalue weighted by molar-refractivity contribution is -0.140. The van der Waals surface area contributed by atoms with E-state index < -0.39 is 17.9 Å². The fraction of sp³-hybridized carbons (Fsp3) is 0.200. The summed E-state index contributed by atoms with van der Waals surface area (Å²) in [6.07, 6.45) is 0. The highest BCUT2D eigenvalue weighted by Crippen LogP contribution is 2.46. The third-order valence-corrected chi connectivity index (χ3v) is 5.62. The first-order chi connectivity index (χ1) is 15.4. The minimum atomic E-state index is -1.04. The van der Waals surface area contributed by atoms with E-state index in [1.54, 1.807) is 37.4 Å². The molecule has 0 saturated heterocycles. The molecule has 3 aromatic carbocycles. The van der Waals surface area contributed by atoms with Crippen LogP contribution in [0.25, 0.3) is 0 Å². The van der Waals surface area contributed by atoms with Gasteiger partial charge in [0.25, 0.3) is 5.91 Å². The Morgan fingerprint density at radius 3 is 2.22 bits per heavy atom. The van der Waals surface area contributed by atoms with E-state index in [1.807, 2.05) is 30.3 Å². The summed E-state index contributed by atoms with van der Waals surface area (Å²) in [6.45, 7) is 0. The first-order valence-electron chi connectivity index (χ1n) is 10.0. The number of hydrogen-bond acceptors (Lipinski definition) is 5. The number of carboxylic acid groups (broad SMARTS) is 1. The molecule has 1 N–H and O–H groups in total. The van der Waals surface area contributed by atoms with Gasteiger partial charge in [-0.25, -0.2) is 0 Å². The van der Waals surface area contributed by atoms with E-state index in [0.717, 1.165) is 0 Å². The van der Waals surface area contributed by atoms with E-state index in [4.69, 9.17) is 14.2 Å². The Morgan fingerprint density at radius 2 is 1.56 bits per heavy atom. The molecule has 1 aliphatic rings. The Labute approximate surface area is 185 Å². The molecular weight excluding hydrogens is 410 g/mol.